The largest absolute Gasteiger partial charge is 0.484 e. The Morgan fingerprint density at radius 2 is 1.90 bits per heavy atom. The summed E-state index contributed by atoms with van der Waals surface area (Å²) < 4.78 is 10.1. The molecular weight excluding hydrogens is 274 g/mol. The molecule has 0 aliphatic carbocycles. The molecule has 0 bridgehead atoms. The van der Waals surface area contributed by atoms with Crippen LogP contribution >= 0.6 is 0 Å². The minimum Gasteiger partial charge on any atom is -0.484 e. The highest BCUT2D eigenvalue weighted by Gasteiger charge is 2.15. The molecule has 0 heterocycles. The van der Waals surface area contributed by atoms with E-state index in [0.717, 1.165) is 5.56 Å². The van der Waals surface area contributed by atoms with E-state index in [0.29, 0.717) is 5.75 Å². The van der Waals surface area contributed by atoms with Crippen molar-refractivity contribution in [1.82, 2.24) is 5.43 Å². The molecule has 0 saturated heterocycles. The summed E-state index contributed by atoms with van der Waals surface area (Å²) >= 11 is 0. The van der Waals surface area contributed by atoms with E-state index in [4.69, 9.17) is 15.2 Å². The minimum atomic E-state index is -0.625. The number of nitrogens with zero attached hydrogens (tertiary/aromatic N) is 1. The van der Waals surface area contributed by atoms with Crippen LogP contribution in [-0.2, 0) is 9.53 Å². The summed E-state index contributed by atoms with van der Waals surface area (Å²) in [5.41, 5.74) is 7.41. The molecule has 3 N–H and O–H groups in total. The van der Waals surface area contributed by atoms with Crippen LogP contribution in [0.15, 0.2) is 29.4 Å². The molecule has 0 unspecified atom stereocenters. The zero-order chi connectivity index (χ0) is 15.9. The maximum absolute atomic E-state index is 11.3. The molecule has 2 amide bonds. The van der Waals surface area contributed by atoms with Crippen molar-refractivity contribution < 1.29 is 19.1 Å². The highest BCUT2D eigenvalue weighted by Crippen LogP contribution is 2.10. The first kappa shape index (κ1) is 16.5. The van der Waals surface area contributed by atoms with Gasteiger partial charge in [0.1, 0.15) is 11.4 Å². The Labute approximate surface area is 123 Å². The summed E-state index contributed by atoms with van der Waals surface area (Å²) in [4.78, 5) is 21.9. The molecule has 7 nitrogen and oxygen atoms in total. The number of ether oxygens (including phenoxy) is 2. The molecule has 0 saturated carbocycles. The minimum absolute atomic E-state index is 0.173. The van der Waals surface area contributed by atoms with Crippen LogP contribution in [0, 0.1) is 0 Å². The van der Waals surface area contributed by atoms with Crippen molar-refractivity contribution in [3.8, 4) is 5.75 Å². The Hall–Kier alpha value is -2.57. The average molecular weight is 293 g/mol. The first-order valence-electron chi connectivity index (χ1n) is 6.29. The second-order valence-electron chi connectivity index (χ2n) is 5.20. The molecule has 0 aromatic heterocycles. The Balaban J connectivity index is 2.46. The van der Waals surface area contributed by atoms with Crippen molar-refractivity contribution in [2.45, 2.75) is 26.4 Å². The van der Waals surface area contributed by atoms with E-state index in [2.05, 4.69) is 10.5 Å². The van der Waals surface area contributed by atoms with Gasteiger partial charge in [0, 0.05) is 0 Å². The molecule has 0 spiro atoms. The number of nitrogens with two attached hydrogens (primary N) is 1. The number of benzene rings is 1. The van der Waals surface area contributed by atoms with Crippen LogP contribution in [0.1, 0.15) is 26.3 Å². The van der Waals surface area contributed by atoms with Crippen LogP contribution < -0.4 is 15.9 Å². The van der Waals surface area contributed by atoms with Gasteiger partial charge in [0.25, 0.3) is 5.91 Å². The number of carbonyl (C=O) groups excluding carboxylic acids is 2. The molecule has 0 aliphatic rings. The molecule has 114 valence electrons. The second kappa shape index (κ2) is 7.28. The number of rotatable bonds is 5. The first-order chi connectivity index (χ1) is 9.76. The van der Waals surface area contributed by atoms with Crippen LogP contribution in [0.5, 0.6) is 5.75 Å². The highest BCUT2D eigenvalue weighted by molar-refractivity contribution is 5.81. The zero-order valence-corrected chi connectivity index (χ0v) is 12.3. The number of hydrogen-bond acceptors (Lipinski definition) is 5. The molecule has 21 heavy (non-hydrogen) atoms. The normalized spacial score (nSPS) is 11.2. The van der Waals surface area contributed by atoms with Gasteiger partial charge in [0.05, 0.1) is 6.21 Å². The van der Waals surface area contributed by atoms with Crippen molar-refractivity contribution in [3.63, 3.8) is 0 Å². The summed E-state index contributed by atoms with van der Waals surface area (Å²) in [7, 11) is 0. The van der Waals surface area contributed by atoms with Gasteiger partial charge < -0.3 is 15.2 Å². The van der Waals surface area contributed by atoms with Crippen LogP contribution in [0.2, 0.25) is 0 Å². The average Bonchev–Trinajstić information content (AvgIpc) is 2.35. The number of nitrogens with one attached hydrogen (secondary N) is 1. The third-order valence-corrected chi connectivity index (χ3v) is 2.03. The van der Waals surface area contributed by atoms with Crippen LogP contribution in [-0.4, -0.2) is 30.4 Å². The van der Waals surface area contributed by atoms with Crippen LogP contribution in [0.25, 0.3) is 0 Å². The first-order valence-corrected chi connectivity index (χ1v) is 6.29. The second-order valence-corrected chi connectivity index (χ2v) is 5.20. The molecule has 1 aromatic carbocycles. The Morgan fingerprint density at radius 1 is 1.29 bits per heavy atom. The topological polar surface area (TPSA) is 103 Å². The van der Waals surface area contributed by atoms with Crippen molar-refractivity contribution >= 4 is 18.2 Å². The van der Waals surface area contributed by atoms with Crippen molar-refractivity contribution in [2.75, 3.05) is 6.61 Å². The van der Waals surface area contributed by atoms with E-state index in [-0.39, 0.29) is 6.61 Å². The monoisotopic (exact) mass is 293 g/mol. The fraction of sp³-hybridized carbons (Fsp3) is 0.357. The van der Waals surface area contributed by atoms with Crippen molar-refractivity contribution in [3.05, 3.63) is 29.8 Å². The van der Waals surface area contributed by atoms with Gasteiger partial charge in [-0.1, -0.05) is 0 Å². The van der Waals surface area contributed by atoms with Gasteiger partial charge in [0.2, 0.25) is 0 Å². The maximum atomic E-state index is 11.3. The van der Waals surface area contributed by atoms with E-state index < -0.39 is 17.6 Å². The molecular formula is C14H19N3O4. The number of hydrazone groups is 1. The highest BCUT2D eigenvalue weighted by atomic mass is 16.6. The van der Waals surface area contributed by atoms with Crippen LogP contribution in [0.3, 0.4) is 0 Å². The van der Waals surface area contributed by atoms with Gasteiger partial charge in [-0.15, -0.1) is 0 Å². The molecule has 0 atom stereocenters. The molecule has 0 aliphatic heterocycles. The van der Waals surface area contributed by atoms with Crippen LogP contribution in [0.4, 0.5) is 4.79 Å². The number of carbonyl (C=O) groups is 2. The predicted octanol–water partition coefficient (Wildman–Crippen LogP) is 1.41. The van der Waals surface area contributed by atoms with E-state index in [1.807, 2.05) is 0 Å². The van der Waals surface area contributed by atoms with E-state index in [9.17, 15) is 9.59 Å². The fourth-order valence-electron chi connectivity index (χ4n) is 1.27. The molecule has 7 heteroatoms. The summed E-state index contributed by atoms with van der Waals surface area (Å²) in [6.45, 7) is 5.12. The summed E-state index contributed by atoms with van der Waals surface area (Å²) in [6.07, 6.45) is 0.835. The number of amides is 2. The van der Waals surface area contributed by atoms with E-state index in [1.165, 1.54) is 6.21 Å². The van der Waals surface area contributed by atoms with Crippen molar-refractivity contribution in [2.24, 2.45) is 10.8 Å². The standard InChI is InChI=1S/C14H19N3O4/c1-14(2,3)21-13(19)17-16-8-10-4-6-11(7-5-10)20-9-12(15)18/h4-8H,9H2,1-3H3,(H2,15,18)(H,17,19)/b16-8-. The fourth-order valence-corrected chi connectivity index (χ4v) is 1.27. The van der Waals surface area contributed by atoms with Gasteiger partial charge in [0.15, 0.2) is 6.61 Å². The smallest absolute Gasteiger partial charge is 0.428 e. The lowest BCUT2D eigenvalue weighted by Gasteiger charge is -2.18. The Morgan fingerprint density at radius 3 is 2.43 bits per heavy atom. The third-order valence-electron chi connectivity index (χ3n) is 2.03. The third kappa shape index (κ3) is 7.56. The van der Waals surface area contributed by atoms with Crippen molar-refractivity contribution in [1.29, 1.82) is 0 Å². The predicted molar refractivity (Wildman–Crippen MR) is 78.1 cm³/mol. The van der Waals surface area contributed by atoms with Gasteiger partial charge in [-0.2, -0.15) is 5.10 Å². The zero-order valence-electron chi connectivity index (χ0n) is 12.3. The molecule has 0 radical (unpaired) electrons. The van der Waals surface area contributed by atoms with E-state index in [1.54, 1.807) is 45.0 Å². The SMILES string of the molecule is CC(C)(C)OC(=O)N/N=C\c1ccc(OCC(N)=O)cc1. The van der Waals surface area contributed by atoms with Gasteiger partial charge >= 0.3 is 6.09 Å². The quantitative estimate of drug-likeness (QED) is 0.632. The lowest BCUT2D eigenvalue weighted by molar-refractivity contribution is -0.119. The lowest BCUT2D eigenvalue weighted by Crippen LogP contribution is -2.29. The van der Waals surface area contributed by atoms with Gasteiger partial charge in [-0.25, -0.2) is 10.2 Å². The summed E-state index contributed by atoms with van der Waals surface area (Å²) in [6, 6.07) is 6.77. The Kier molecular flexibility index (Phi) is 5.71. The Bertz CT molecular complexity index is 518. The number of hydrogen-bond donors (Lipinski definition) is 2. The lowest BCUT2D eigenvalue weighted by atomic mass is 10.2. The summed E-state index contributed by atoms with van der Waals surface area (Å²) in [5, 5.41) is 3.77. The van der Waals surface area contributed by atoms with E-state index >= 15 is 0 Å². The van der Waals surface area contributed by atoms with Gasteiger partial charge in [-0.3, -0.25) is 4.79 Å². The molecule has 1 aromatic rings. The number of primary amides is 1. The van der Waals surface area contributed by atoms with Gasteiger partial charge in [-0.05, 0) is 50.6 Å². The maximum Gasteiger partial charge on any atom is 0.428 e. The molecule has 0 fully saturated rings. The summed E-state index contributed by atoms with van der Waals surface area (Å²) in [5.74, 6) is -0.0201. The molecule has 1 rings (SSSR count).